The monoisotopic (exact) mass is 234 g/mol. The highest BCUT2D eigenvalue weighted by molar-refractivity contribution is 5.49. The van der Waals surface area contributed by atoms with E-state index in [-0.39, 0.29) is 6.10 Å². The molecule has 0 aliphatic carbocycles. The number of aliphatic hydroxyl groups excluding tert-OH is 1. The molecule has 1 aliphatic rings. The van der Waals surface area contributed by atoms with Crippen molar-refractivity contribution in [3.05, 3.63) is 29.8 Å². The predicted molar refractivity (Wildman–Crippen MR) is 71.4 cm³/mol. The molecule has 0 spiro atoms. The quantitative estimate of drug-likeness (QED) is 0.846. The topological polar surface area (TPSA) is 26.7 Å². The molecule has 17 heavy (non-hydrogen) atoms. The van der Waals surface area contributed by atoms with Gasteiger partial charge in [0.05, 0.1) is 6.10 Å². The number of rotatable bonds is 2. The minimum Gasteiger partial charge on any atom is -0.389 e. The molecule has 3 heteroatoms. The standard InChI is InChI=1S/C14H22N2O/c1-11-10-15(3)8-9-16(11)14-6-4-13(5-7-14)12(2)17/h4-7,11-12,17H,8-10H2,1-3H3. The second-order valence-electron chi connectivity index (χ2n) is 5.07. The van der Waals surface area contributed by atoms with Gasteiger partial charge >= 0.3 is 0 Å². The Bertz CT molecular complexity index is 361. The van der Waals surface area contributed by atoms with Gasteiger partial charge in [-0.25, -0.2) is 0 Å². The van der Waals surface area contributed by atoms with Crippen LogP contribution >= 0.6 is 0 Å². The van der Waals surface area contributed by atoms with Gasteiger partial charge in [-0.15, -0.1) is 0 Å². The normalized spacial score (nSPS) is 23.8. The predicted octanol–water partition coefficient (Wildman–Crippen LogP) is 1.88. The van der Waals surface area contributed by atoms with E-state index in [0.717, 1.165) is 25.2 Å². The molecular formula is C14H22N2O. The lowest BCUT2D eigenvalue weighted by Crippen LogP contribution is -2.50. The van der Waals surface area contributed by atoms with Crippen LogP contribution in [-0.4, -0.2) is 42.7 Å². The highest BCUT2D eigenvalue weighted by Crippen LogP contribution is 2.22. The van der Waals surface area contributed by atoms with Gasteiger partial charge in [0.25, 0.3) is 0 Å². The third kappa shape index (κ3) is 2.79. The highest BCUT2D eigenvalue weighted by atomic mass is 16.3. The first-order valence-electron chi connectivity index (χ1n) is 6.31. The Morgan fingerprint density at radius 3 is 2.41 bits per heavy atom. The summed E-state index contributed by atoms with van der Waals surface area (Å²) in [5, 5.41) is 9.49. The van der Waals surface area contributed by atoms with Crippen molar-refractivity contribution < 1.29 is 5.11 Å². The lowest BCUT2D eigenvalue weighted by atomic mass is 10.1. The molecule has 0 amide bonds. The molecule has 0 radical (unpaired) electrons. The minimum absolute atomic E-state index is 0.381. The Kier molecular flexibility index (Phi) is 3.69. The SMILES string of the molecule is CC(O)c1ccc(N2CCN(C)CC2C)cc1. The first-order chi connectivity index (χ1) is 8.08. The van der Waals surface area contributed by atoms with Crippen LogP contribution in [0.15, 0.2) is 24.3 Å². The molecule has 0 bridgehead atoms. The van der Waals surface area contributed by atoms with Crippen LogP contribution in [0, 0.1) is 0 Å². The number of likely N-dealkylation sites (N-methyl/N-ethyl adjacent to an activating group) is 1. The lowest BCUT2D eigenvalue weighted by molar-refractivity contribution is 0.199. The van der Waals surface area contributed by atoms with Crippen LogP contribution in [0.5, 0.6) is 0 Å². The molecule has 0 aromatic heterocycles. The van der Waals surface area contributed by atoms with Crippen LogP contribution < -0.4 is 4.90 Å². The van der Waals surface area contributed by atoms with Crippen LogP contribution in [0.2, 0.25) is 0 Å². The summed E-state index contributed by atoms with van der Waals surface area (Å²) >= 11 is 0. The Morgan fingerprint density at radius 2 is 1.88 bits per heavy atom. The minimum atomic E-state index is -0.381. The van der Waals surface area contributed by atoms with Gasteiger partial charge in [-0.3, -0.25) is 0 Å². The van der Waals surface area contributed by atoms with Crippen molar-refractivity contribution in [2.24, 2.45) is 0 Å². The molecule has 1 N–H and O–H groups in total. The van der Waals surface area contributed by atoms with Gasteiger partial charge in [0.2, 0.25) is 0 Å². The number of aliphatic hydroxyl groups is 1. The van der Waals surface area contributed by atoms with E-state index in [0.29, 0.717) is 6.04 Å². The van der Waals surface area contributed by atoms with Crippen LogP contribution in [-0.2, 0) is 0 Å². The van der Waals surface area contributed by atoms with E-state index < -0.39 is 0 Å². The zero-order chi connectivity index (χ0) is 12.4. The number of hydrogen-bond acceptors (Lipinski definition) is 3. The van der Waals surface area contributed by atoms with Gasteiger partial charge in [0.15, 0.2) is 0 Å². The molecule has 2 rings (SSSR count). The molecule has 1 aromatic rings. The highest BCUT2D eigenvalue weighted by Gasteiger charge is 2.21. The van der Waals surface area contributed by atoms with Crippen LogP contribution in [0.1, 0.15) is 25.5 Å². The maximum Gasteiger partial charge on any atom is 0.0761 e. The molecule has 94 valence electrons. The number of nitrogens with zero attached hydrogens (tertiary/aromatic N) is 2. The van der Waals surface area contributed by atoms with Crippen molar-refractivity contribution in [2.45, 2.75) is 26.0 Å². The van der Waals surface area contributed by atoms with Gasteiger partial charge in [0.1, 0.15) is 0 Å². The summed E-state index contributed by atoms with van der Waals surface area (Å²) in [5.74, 6) is 0. The Labute approximate surface area is 104 Å². The second-order valence-corrected chi connectivity index (χ2v) is 5.07. The van der Waals surface area contributed by atoms with Crippen LogP contribution in [0.4, 0.5) is 5.69 Å². The molecular weight excluding hydrogens is 212 g/mol. The molecule has 1 aromatic carbocycles. The third-order valence-corrected chi connectivity index (χ3v) is 3.54. The van der Waals surface area contributed by atoms with Gasteiger partial charge in [-0.2, -0.15) is 0 Å². The maximum atomic E-state index is 9.49. The van der Waals surface area contributed by atoms with Crippen molar-refractivity contribution in [1.29, 1.82) is 0 Å². The van der Waals surface area contributed by atoms with Crippen molar-refractivity contribution in [3.8, 4) is 0 Å². The van der Waals surface area contributed by atoms with Crippen molar-refractivity contribution in [2.75, 3.05) is 31.6 Å². The molecule has 1 aliphatic heterocycles. The summed E-state index contributed by atoms with van der Waals surface area (Å²) in [4.78, 5) is 4.80. The lowest BCUT2D eigenvalue weighted by Gasteiger charge is -2.39. The van der Waals surface area contributed by atoms with E-state index in [1.165, 1.54) is 5.69 Å². The van der Waals surface area contributed by atoms with E-state index in [9.17, 15) is 5.11 Å². The summed E-state index contributed by atoms with van der Waals surface area (Å²) in [6.45, 7) is 7.36. The Morgan fingerprint density at radius 1 is 1.24 bits per heavy atom. The Balaban J connectivity index is 2.11. The van der Waals surface area contributed by atoms with E-state index in [1.54, 1.807) is 6.92 Å². The van der Waals surface area contributed by atoms with Crippen LogP contribution in [0.3, 0.4) is 0 Å². The van der Waals surface area contributed by atoms with Gasteiger partial charge in [0, 0.05) is 31.4 Å². The van der Waals surface area contributed by atoms with E-state index in [2.05, 4.69) is 35.9 Å². The zero-order valence-corrected chi connectivity index (χ0v) is 10.9. The summed E-state index contributed by atoms with van der Waals surface area (Å²) in [7, 11) is 2.17. The molecule has 0 saturated carbocycles. The molecule has 3 nitrogen and oxygen atoms in total. The fourth-order valence-electron chi connectivity index (χ4n) is 2.47. The molecule has 2 unspecified atom stereocenters. The summed E-state index contributed by atoms with van der Waals surface area (Å²) in [5.41, 5.74) is 2.24. The number of piperazine rings is 1. The summed E-state index contributed by atoms with van der Waals surface area (Å²) < 4.78 is 0. The maximum absolute atomic E-state index is 9.49. The van der Waals surface area contributed by atoms with Crippen LogP contribution in [0.25, 0.3) is 0 Å². The third-order valence-electron chi connectivity index (χ3n) is 3.54. The molecule has 1 fully saturated rings. The first kappa shape index (κ1) is 12.4. The number of anilines is 1. The van der Waals surface area contributed by atoms with Crippen molar-refractivity contribution >= 4 is 5.69 Å². The molecule has 1 saturated heterocycles. The largest absolute Gasteiger partial charge is 0.389 e. The number of benzene rings is 1. The van der Waals surface area contributed by atoms with Gasteiger partial charge < -0.3 is 14.9 Å². The van der Waals surface area contributed by atoms with E-state index in [1.807, 2.05) is 12.1 Å². The van der Waals surface area contributed by atoms with Gasteiger partial charge in [-0.05, 0) is 38.6 Å². The average Bonchev–Trinajstić information content (AvgIpc) is 2.29. The van der Waals surface area contributed by atoms with Crippen molar-refractivity contribution in [3.63, 3.8) is 0 Å². The number of hydrogen-bond donors (Lipinski definition) is 1. The van der Waals surface area contributed by atoms with Crippen molar-refractivity contribution in [1.82, 2.24) is 4.90 Å². The molecule has 2 atom stereocenters. The summed E-state index contributed by atoms with van der Waals surface area (Å²) in [6.07, 6.45) is -0.381. The molecule has 1 heterocycles. The average molecular weight is 234 g/mol. The van der Waals surface area contributed by atoms with E-state index >= 15 is 0 Å². The fraction of sp³-hybridized carbons (Fsp3) is 0.571. The first-order valence-corrected chi connectivity index (χ1v) is 6.31. The van der Waals surface area contributed by atoms with Gasteiger partial charge in [-0.1, -0.05) is 12.1 Å². The second kappa shape index (κ2) is 5.07. The zero-order valence-electron chi connectivity index (χ0n) is 10.9. The Hall–Kier alpha value is -1.06. The van der Waals surface area contributed by atoms with E-state index in [4.69, 9.17) is 0 Å². The smallest absolute Gasteiger partial charge is 0.0761 e. The fourth-order valence-corrected chi connectivity index (χ4v) is 2.47. The summed E-state index contributed by atoms with van der Waals surface area (Å²) in [6, 6.07) is 8.82.